The average molecular weight is 286 g/mol. The number of nitrogens with one attached hydrogen (secondary N) is 1. The van der Waals surface area contributed by atoms with Crippen LogP contribution in [-0.2, 0) is 0 Å². The van der Waals surface area contributed by atoms with Crippen LogP contribution in [0.15, 0.2) is 36.4 Å². The molecule has 2 aromatic carbocycles. The molecule has 0 spiro atoms. The Hall–Kier alpha value is -2.01. The van der Waals surface area contributed by atoms with E-state index in [4.69, 9.17) is 11.6 Å². The van der Waals surface area contributed by atoms with Gasteiger partial charge in [-0.1, -0.05) is 17.7 Å². The van der Waals surface area contributed by atoms with E-state index in [1.54, 1.807) is 0 Å². The highest BCUT2D eigenvalue weighted by molar-refractivity contribution is 6.33. The number of halogens is 4. The molecule has 0 aliphatic carbocycles. The van der Waals surface area contributed by atoms with Crippen LogP contribution in [0.1, 0.15) is 10.4 Å². The van der Waals surface area contributed by atoms with E-state index in [1.807, 2.05) is 0 Å². The van der Waals surface area contributed by atoms with Gasteiger partial charge in [0.2, 0.25) is 0 Å². The van der Waals surface area contributed by atoms with E-state index in [2.05, 4.69) is 5.32 Å². The van der Waals surface area contributed by atoms with Gasteiger partial charge in [0.1, 0.15) is 5.82 Å². The third kappa shape index (κ3) is 2.88. The highest BCUT2D eigenvalue weighted by Crippen LogP contribution is 2.23. The summed E-state index contributed by atoms with van der Waals surface area (Å²) in [6, 6.07) is 6.54. The molecule has 98 valence electrons. The summed E-state index contributed by atoms with van der Waals surface area (Å²) in [6.07, 6.45) is 0. The van der Waals surface area contributed by atoms with E-state index in [9.17, 15) is 18.0 Å². The van der Waals surface area contributed by atoms with Gasteiger partial charge in [0.25, 0.3) is 5.91 Å². The maximum atomic E-state index is 13.4. The molecule has 0 bridgehead atoms. The monoisotopic (exact) mass is 285 g/mol. The fourth-order valence-corrected chi connectivity index (χ4v) is 1.63. The minimum absolute atomic E-state index is 0.0182. The molecule has 0 fully saturated rings. The number of carbonyl (C=O) groups excluding carboxylic acids is 1. The van der Waals surface area contributed by atoms with Crippen molar-refractivity contribution in [2.75, 3.05) is 5.32 Å². The second-order valence-electron chi connectivity index (χ2n) is 3.68. The minimum Gasteiger partial charge on any atom is -0.320 e. The molecule has 0 aliphatic heterocycles. The van der Waals surface area contributed by atoms with E-state index in [0.717, 1.165) is 24.3 Å². The molecule has 2 rings (SSSR count). The zero-order valence-corrected chi connectivity index (χ0v) is 10.1. The molecule has 0 saturated heterocycles. The maximum Gasteiger partial charge on any atom is 0.258 e. The summed E-state index contributed by atoms with van der Waals surface area (Å²) >= 11 is 5.75. The molecule has 6 heteroatoms. The molecule has 0 unspecified atom stereocenters. The summed E-state index contributed by atoms with van der Waals surface area (Å²) in [6.45, 7) is 0. The Kier molecular flexibility index (Phi) is 3.76. The normalized spacial score (nSPS) is 10.3. The SMILES string of the molecule is O=C(Nc1cc(F)ccc1Cl)c1cccc(F)c1F. The molecule has 2 nitrogen and oxygen atoms in total. The number of carbonyl (C=O) groups is 1. The van der Waals surface area contributed by atoms with Gasteiger partial charge in [-0.3, -0.25) is 4.79 Å². The molecule has 1 N–H and O–H groups in total. The van der Waals surface area contributed by atoms with Crippen molar-refractivity contribution in [1.29, 1.82) is 0 Å². The summed E-state index contributed by atoms with van der Waals surface area (Å²) < 4.78 is 39.4. The Morgan fingerprint density at radius 2 is 1.84 bits per heavy atom. The first-order chi connectivity index (χ1) is 8.99. The minimum atomic E-state index is -1.27. The molecule has 0 saturated carbocycles. The maximum absolute atomic E-state index is 13.4. The van der Waals surface area contributed by atoms with Gasteiger partial charge in [0, 0.05) is 0 Å². The Balaban J connectivity index is 2.31. The summed E-state index contributed by atoms with van der Waals surface area (Å²) in [5.41, 5.74) is -0.504. The van der Waals surface area contributed by atoms with Crippen LogP contribution < -0.4 is 5.32 Å². The lowest BCUT2D eigenvalue weighted by Crippen LogP contribution is -2.15. The van der Waals surface area contributed by atoms with Gasteiger partial charge in [-0.15, -0.1) is 0 Å². The van der Waals surface area contributed by atoms with Crippen molar-refractivity contribution in [1.82, 2.24) is 0 Å². The predicted octanol–water partition coefficient (Wildman–Crippen LogP) is 4.01. The van der Waals surface area contributed by atoms with Crippen LogP contribution in [0.5, 0.6) is 0 Å². The topological polar surface area (TPSA) is 29.1 Å². The Morgan fingerprint density at radius 1 is 1.11 bits per heavy atom. The summed E-state index contributed by atoms with van der Waals surface area (Å²) in [5.74, 6) is -3.94. The van der Waals surface area contributed by atoms with Crippen LogP contribution in [-0.4, -0.2) is 5.91 Å². The van der Waals surface area contributed by atoms with Crippen molar-refractivity contribution in [2.45, 2.75) is 0 Å². The molecule has 0 atom stereocenters. The third-order valence-electron chi connectivity index (χ3n) is 2.37. The van der Waals surface area contributed by atoms with Gasteiger partial charge in [0.05, 0.1) is 16.3 Å². The molecule has 0 heterocycles. The number of anilines is 1. The Bertz CT molecular complexity index is 646. The number of amides is 1. The quantitative estimate of drug-likeness (QED) is 0.887. The number of benzene rings is 2. The molecular formula is C13H7ClF3NO. The van der Waals surface area contributed by atoms with E-state index in [0.29, 0.717) is 0 Å². The molecule has 0 radical (unpaired) electrons. The van der Waals surface area contributed by atoms with Crippen molar-refractivity contribution < 1.29 is 18.0 Å². The van der Waals surface area contributed by atoms with Crippen LogP contribution in [0.2, 0.25) is 5.02 Å². The van der Waals surface area contributed by atoms with Gasteiger partial charge >= 0.3 is 0 Å². The van der Waals surface area contributed by atoms with Crippen LogP contribution in [0.25, 0.3) is 0 Å². The molecule has 19 heavy (non-hydrogen) atoms. The third-order valence-corrected chi connectivity index (χ3v) is 2.70. The standard InChI is InChI=1S/C13H7ClF3NO/c14-9-5-4-7(15)6-11(9)18-13(19)8-2-1-3-10(16)12(8)17/h1-6H,(H,18,19). The van der Waals surface area contributed by atoms with Gasteiger partial charge in [-0.05, 0) is 30.3 Å². The fourth-order valence-electron chi connectivity index (χ4n) is 1.46. The number of hydrogen-bond donors (Lipinski definition) is 1. The van der Waals surface area contributed by atoms with E-state index < -0.39 is 28.9 Å². The highest BCUT2D eigenvalue weighted by Gasteiger charge is 2.16. The average Bonchev–Trinajstić information content (AvgIpc) is 2.37. The molecule has 0 aliphatic rings. The van der Waals surface area contributed by atoms with Crippen molar-refractivity contribution in [2.24, 2.45) is 0 Å². The molecule has 1 amide bonds. The van der Waals surface area contributed by atoms with Gasteiger partial charge in [0.15, 0.2) is 11.6 Å². The van der Waals surface area contributed by atoms with Crippen LogP contribution >= 0.6 is 11.6 Å². The zero-order chi connectivity index (χ0) is 14.0. The summed E-state index contributed by atoms with van der Waals surface area (Å²) in [5, 5.41) is 2.31. The highest BCUT2D eigenvalue weighted by atomic mass is 35.5. The van der Waals surface area contributed by atoms with Gasteiger partial charge < -0.3 is 5.32 Å². The molecular weight excluding hydrogens is 279 g/mol. The van der Waals surface area contributed by atoms with Crippen LogP contribution in [0.3, 0.4) is 0 Å². The first-order valence-corrected chi connectivity index (χ1v) is 5.57. The van der Waals surface area contributed by atoms with Gasteiger partial charge in [-0.25, -0.2) is 13.2 Å². The summed E-state index contributed by atoms with van der Waals surface area (Å²) in [7, 11) is 0. The summed E-state index contributed by atoms with van der Waals surface area (Å²) in [4.78, 5) is 11.8. The van der Waals surface area contributed by atoms with E-state index in [-0.39, 0.29) is 10.7 Å². The number of hydrogen-bond acceptors (Lipinski definition) is 1. The lowest BCUT2D eigenvalue weighted by Gasteiger charge is -2.08. The van der Waals surface area contributed by atoms with Gasteiger partial charge in [-0.2, -0.15) is 0 Å². The first kappa shape index (κ1) is 13.4. The Morgan fingerprint density at radius 3 is 2.58 bits per heavy atom. The van der Waals surface area contributed by atoms with Crippen LogP contribution in [0, 0.1) is 17.5 Å². The molecule has 0 aromatic heterocycles. The second-order valence-corrected chi connectivity index (χ2v) is 4.09. The second kappa shape index (κ2) is 5.32. The lowest BCUT2D eigenvalue weighted by molar-refractivity contribution is 0.102. The Labute approximate surface area is 111 Å². The first-order valence-electron chi connectivity index (χ1n) is 5.19. The van der Waals surface area contributed by atoms with Crippen molar-refractivity contribution in [3.63, 3.8) is 0 Å². The zero-order valence-electron chi connectivity index (χ0n) is 9.38. The van der Waals surface area contributed by atoms with E-state index >= 15 is 0 Å². The van der Waals surface area contributed by atoms with E-state index in [1.165, 1.54) is 12.1 Å². The number of rotatable bonds is 2. The van der Waals surface area contributed by atoms with Crippen molar-refractivity contribution in [3.05, 3.63) is 64.4 Å². The fraction of sp³-hybridized carbons (Fsp3) is 0. The molecule has 2 aromatic rings. The smallest absolute Gasteiger partial charge is 0.258 e. The predicted molar refractivity (Wildman–Crippen MR) is 65.7 cm³/mol. The largest absolute Gasteiger partial charge is 0.320 e. The lowest BCUT2D eigenvalue weighted by atomic mass is 10.2. The van der Waals surface area contributed by atoms with Crippen molar-refractivity contribution in [3.8, 4) is 0 Å². The van der Waals surface area contributed by atoms with Crippen molar-refractivity contribution >= 4 is 23.2 Å². The van der Waals surface area contributed by atoms with Crippen LogP contribution in [0.4, 0.5) is 18.9 Å².